The Balaban J connectivity index is 2.29. The molecule has 0 aromatic heterocycles. The summed E-state index contributed by atoms with van der Waals surface area (Å²) in [5.74, 6) is -0.315. The van der Waals surface area contributed by atoms with Gasteiger partial charge < -0.3 is 0 Å². The third kappa shape index (κ3) is 4.12. The van der Waals surface area contributed by atoms with Crippen molar-refractivity contribution < 1.29 is 17.2 Å². The predicted octanol–water partition coefficient (Wildman–Crippen LogP) is -0.200. The average Bonchev–Trinajstić information content (AvgIpc) is 2.06. The molecule has 0 atom stereocenters. The Hall–Kier alpha value is -0.0210. The first-order valence-electron chi connectivity index (χ1n) is 3.52. The second kappa shape index (κ2) is 5.59. The molecule has 0 radical (unpaired) electrons. The van der Waals surface area contributed by atoms with Gasteiger partial charge in [-0.2, -0.15) is 0 Å². The van der Waals surface area contributed by atoms with Crippen molar-refractivity contribution in [2.45, 2.75) is 25.7 Å². The van der Waals surface area contributed by atoms with Crippen molar-refractivity contribution in [3.8, 4) is 0 Å². The van der Waals surface area contributed by atoms with Crippen LogP contribution in [0.2, 0.25) is 0 Å². The summed E-state index contributed by atoms with van der Waals surface area (Å²) < 4.78 is 9.68. The number of rotatable bonds is 0. The van der Waals surface area contributed by atoms with Gasteiger partial charge in [0, 0.05) is 0 Å². The van der Waals surface area contributed by atoms with E-state index in [-0.39, 0.29) is 38.9 Å². The molecule has 0 amide bonds. The van der Waals surface area contributed by atoms with Gasteiger partial charge in [-0.25, -0.2) is 0 Å². The van der Waals surface area contributed by atoms with E-state index in [1.54, 1.807) is 0 Å². The Bertz CT molecular complexity index is 146. The third-order valence-electron chi connectivity index (χ3n) is 1.29. The summed E-state index contributed by atoms with van der Waals surface area (Å²) in [5.41, 5.74) is 0. The van der Waals surface area contributed by atoms with Gasteiger partial charge in [-0.15, -0.1) is 0 Å². The fraction of sp³-hybridized carbons (Fsp3) is 0.667. The molecule has 0 spiro atoms. The zero-order valence-electron chi connectivity index (χ0n) is 6.28. The molecule has 0 aliphatic carbocycles. The molecule has 0 saturated carbocycles. The fourth-order valence-electron chi connectivity index (χ4n) is 0.726. The van der Waals surface area contributed by atoms with Crippen LogP contribution in [0.1, 0.15) is 25.7 Å². The molecule has 1 heterocycles. The van der Waals surface area contributed by atoms with Crippen molar-refractivity contribution in [3.05, 3.63) is 0 Å². The molecule has 1 fully saturated rings. The SMILES string of the molecule is O=C1CCCCC(=O)O[Se][Se]O1. The molecule has 0 N–H and O–H groups in total. The van der Waals surface area contributed by atoms with E-state index < -0.39 is 0 Å². The van der Waals surface area contributed by atoms with Gasteiger partial charge in [-0.05, 0) is 0 Å². The van der Waals surface area contributed by atoms with E-state index in [9.17, 15) is 9.59 Å². The van der Waals surface area contributed by atoms with Crippen LogP contribution < -0.4 is 0 Å². The van der Waals surface area contributed by atoms with Crippen molar-refractivity contribution in [2.75, 3.05) is 0 Å². The van der Waals surface area contributed by atoms with Crippen molar-refractivity contribution in [1.82, 2.24) is 0 Å². The van der Waals surface area contributed by atoms with Gasteiger partial charge >= 0.3 is 81.8 Å². The van der Waals surface area contributed by atoms with Crippen molar-refractivity contribution >= 4 is 38.9 Å². The Morgan fingerprint density at radius 2 is 1.33 bits per heavy atom. The van der Waals surface area contributed by atoms with Gasteiger partial charge in [0.25, 0.3) is 0 Å². The van der Waals surface area contributed by atoms with Gasteiger partial charge in [0.2, 0.25) is 0 Å². The summed E-state index contributed by atoms with van der Waals surface area (Å²) in [5, 5.41) is 0. The van der Waals surface area contributed by atoms with Crippen LogP contribution in [0.3, 0.4) is 0 Å². The molecule has 0 bridgehead atoms. The number of hydrogen-bond donors (Lipinski definition) is 0. The Morgan fingerprint density at radius 1 is 0.917 bits per heavy atom. The zero-order chi connectivity index (χ0) is 8.81. The molecule has 12 heavy (non-hydrogen) atoms. The second-order valence-corrected chi connectivity index (χ2v) is 6.49. The summed E-state index contributed by atoms with van der Waals surface area (Å²) in [4.78, 5) is 21.7. The van der Waals surface area contributed by atoms with Gasteiger partial charge in [-0.3, -0.25) is 0 Å². The van der Waals surface area contributed by atoms with Gasteiger partial charge in [0.1, 0.15) is 0 Å². The maximum absolute atomic E-state index is 10.8. The van der Waals surface area contributed by atoms with Crippen LogP contribution in [0.25, 0.3) is 0 Å². The quantitative estimate of drug-likeness (QED) is 0.582. The summed E-state index contributed by atoms with van der Waals surface area (Å²) in [6, 6.07) is 0. The standard InChI is InChI=1S/C6H8O4Se2/c7-5-3-1-2-4-6(8)10-12-11-9-5/h1-4H2. The minimum absolute atomic E-state index is 0.158. The number of carbonyl (C=O) groups is 2. The maximum atomic E-state index is 10.8. The molecule has 4 nitrogen and oxygen atoms in total. The molecule has 6 heteroatoms. The summed E-state index contributed by atoms with van der Waals surface area (Å²) in [6.45, 7) is 0. The van der Waals surface area contributed by atoms with Gasteiger partial charge in [-0.1, -0.05) is 0 Å². The first-order valence-corrected chi connectivity index (χ1v) is 9.26. The average molecular weight is 302 g/mol. The molecule has 1 aliphatic heterocycles. The predicted molar refractivity (Wildman–Crippen MR) is 42.2 cm³/mol. The zero-order valence-corrected chi connectivity index (χ0v) is 9.70. The Morgan fingerprint density at radius 3 is 1.75 bits per heavy atom. The normalized spacial score (nSPS) is 21.0. The number of carbonyl (C=O) groups excluding carboxylic acids is 2. The van der Waals surface area contributed by atoms with Crippen molar-refractivity contribution in [1.29, 1.82) is 0 Å². The molecule has 1 rings (SSSR count). The van der Waals surface area contributed by atoms with Gasteiger partial charge in [0.05, 0.1) is 0 Å². The van der Waals surface area contributed by atoms with Crippen LogP contribution in [0.4, 0.5) is 0 Å². The Kier molecular flexibility index (Phi) is 4.69. The van der Waals surface area contributed by atoms with Crippen LogP contribution in [-0.2, 0) is 17.2 Å². The van der Waals surface area contributed by atoms with E-state index in [1.165, 1.54) is 0 Å². The van der Waals surface area contributed by atoms with Crippen LogP contribution in [0.15, 0.2) is 0 Å². The third-order valence-corrected chi connectivity index (χ3v) is 4.56. The van der Waals surface area contributed by atoms with E-state index in [1.807, 2.05) is 0 Å². The first kappa shape index (κ1) is 10.1. The fourth-order valence-corrected chi connectivity index (χ4v) is 3.77. The molecule has 1 saturated heterocycles. The molecular formula is C6H8O4Se2. The molecule has 1 aliphatic rings. The monoisotopic (exact) mass is 304 g/mol. The van der Waals surface area contributed by atoms with E-state index in [0.29, 0.717) is 12.8 Å². The second-order valence-electron chi connectivity index (χ2n) is 2.25. The molecule has 0 unspecified atom stereocenters. The summed E-state index contributed by atoms with van der Waals surface area (Å²) >= 11 is -0.534. The van der Waals surface area contributed by atoms with E-state index in [2.05, 4.69) is 0 Å². The van der Waals surface area contributed by atoms with Crippen molar-refractivity contribution in [2.24, 2.45) is 0 Å². The number of hydrogen-bond acceptors (Lipinski definition) is 4. The van der Waals surface area contributed by atoms with Gasteiger partial charge in [0.15, 0.2) is 0 Å². The molecular weight excluding hydrogens is 294 g/mol. The topological polar surface area (TPSA) is 52.6 Å². The van der Waals surface area contributed by atoms with Crippen LogP contribution in [0, 0.1) is 0 Å². The Labute approximate surface area is 81.9 Å². The van der Waals surface area contributed by atoms with Crippen LogP contribution in [-0.4, -0.2) is 38.9 Å². The van der Waals surface area contributed by atoms with E-state index >= 15 is 0 Å². The minimum atomic E-state index is -0.267. The van der Waals surface area contributed by atoms with Crippen LogP contribution >= 0.6 is 0 Å². The first-order chi connectivity index (χ1) is 5.79. The molecule has 0 aromatic rings. The summed E-state index contributed by atoms with van der Waals surface area (Å²) in [7, 11) is 0. The molecule has 68 valence electrons. The van der Waals surface area contributed by atoms with Crippen LogP contribution in [0.5, 0.6) is 0 Å². The van der Waals surface area contributed by atoms with E-state index in [0.717, 1.165) is 12.8 Å². The van der Waals surface area contributed by atoms with Crippen molar-refractivity contribution in [3.63, 3.8) is 0 Å². The van der Waals surface area contributed by atoms with E-state index in [4.69, 9.17) is 7.64 Å². The summed E-state index contributed by atoms with van der Waals surface area (Å²) in [6.07, 6.45) is 2.31. The molecule has 0 aromatic carbocycles.